The van der Waals surface area contributed by atoms with Crippen LogP contribution >= 0.6 is 24.0 Å². The molecule has 0 aromatic rings. The van der Waals surface area contributed by atoms with Gasteiger partial charge in [0, 0.05) is 0 Å². The summed E-state index contributed by atoms with van der Waals surface area (Å²) in [4.78, 5) is 13.4. The number of ether oxygens (including phenoxy) is 1. The predicted molar refractivity (Wildman–Crippen MR) is 123 cm³/mol. The number of hydrogen-bond acceptors (Lipinski definition) is 5. The third kappa shape index (κ3) is 6.41. The molecule has 0 aromatic heterocycles. The second-order valence-electron chi connectivity index (χ2n) is 10.4. The molecule has 1 saturated carbocycles. The van der Waals surface area contributed by atoms with Crippen LogP contribution in [-0.2, 0) is 9.53 Å². The van der Waals surface area contributed by atoms with Gasteiger partial charge in [-0.05, 0) is 0 Å². The van der Waals surface area contributed by atoms with Crippen molar-refractivity contribution in [2.75, 3.05) is 6.61 Å². The SMILES string of the molecule is CC(C)CC(C)(C#N)C(C)(C)CC(C)(C(=O)OCC1CC1)C(C)(C)S[C](=S)[Pb]. The summed E-state index contributed by atoms with van der Waals surface area (Å²) in [5.41, 5.74) is -1.62. The number of rotatable bonds is 10. The van der Waals surface area contributed by atoms with Crippen molar-refractivity contribution in [2.24, 2.45) is 28.1 Å². The van der Waals surface area contributed by atoms with Crippen molar-refractivity contribution in [2.45, 2.75) is 85.8 Å². The number of thiocarbonyl (C=S) groups is 1. The van der Waals surface area contributed by atoms with Crippen molar-refractivity contribution in [1.29, 1.82) is 5.26 Å². The summed E-state index contributed by atoms with van der Waals surface area (Å²) in [5.74, 6) is 0.795. The topological polar surface area (TPSA) is 50.1 Å². The molecular formula is C22H36NO2PbS2. The number of thioether (sulfide) groups is 1. The predicted octanol–water partition coefficient (Wildman–Crippen LogP) is 5.90. The van der Waals surface area contributed by atoms with Gasteiger partial charge in [0.1, 0.15) is 0 Å². The second kappa shape index (κ2) is 9.64. The summed E-state index contributed by atoms with van der Waals surface area (Å²) < 4.78 is 6.35. The Morgan fingerprint density at radius 1 is 1.25 bits per heavy atom. The minimum absolute atomic E-state index is 0.146. The second-order valence-corrected chi connectivity index (χ2v) is 17.4. The van der Waals surface area contributed by atoms with Crippen LogP contribution < -0.4 is 0 Å². The zero-order chi connectivity index (χ0) is 22.0. The molecule has 0 saturated heterocycles. The van der Waals surface area contributed by atoms with E-state index >= 15 is 0 Å². The van der Waals surface area contributed by atoms with Crippen LogP contribution in [0.2, 0.25) is 0 Å². The molecule has 157 valence electrons. The van der Waals surface area contributed by atoms with Crippen molar-refractivity contribution < 1.29 is 9.53 Å². The van der Waals surface area contributed by atoms with Gasteiger partial charge in [-0.2, -0.15) is 0 Å². The molecule has 0 amide bonds. The van der Waals surface area contributed by atoms with E-state index in [4.69, 9.17) is 17.0 Å². The van der Waals surface area contributed by atoms with E-state index in [9.17, 15) is 10.1 Å². The summed E-state index contributed by atoms with van der Waals surface area (Å²) in [6.07, 6.45) is 3.69. The molecule has 0 spiro atoms. The Morgan fingerprint density at radius 2 is 1.79 bits per heavy atom. The van der Waals surface area contributed by atoms with Gasteiger partial charge in [-0.1, -0.05) is 0 Å². The molecule has 0 bridgehead atoms. The standard InChI is InChI=1S/C22H36NO2S2.Pb/c1-16(2)11-21(7,14-23)19(3,4)13-22(8,20(5,6)27-15-26)18(24)25-12-17-9-10-17;/h16-17H,9-13H2,1-8H3;. The number of hydrogen-bond donors (Lipinski definition) is 0. The molecule has 6 heteroatoms. The third-order valence-corrected chi connectivity index (χ3v) is 9.21. The van der Waals surface area contributed by atoms with E-state index in [1.165, 1.54) is 0 Å². The number of nitriles is 1. The monoisotopic (exact) mass is 618 g/mol. The fourth-order valence-electron chi connectivity index (χ4n) is 3.88. The first-order chi connectivity index (χ1) is 12.6. The number of nitrogens with zero attached hydrogens (tertiary/aromatic N) is 1. The van der Waals surface area contributed by atoms with Crippen LogP contribution in [0.3, 0.4) is 0 Å². The summed E-state index contributed by atoms with van der Waals surface area (Å²) in [7, 11) is 0. The Kier molecular flexibility index (Phi) is 9.07. The van der Waals surface area contributed by atoms with Crippen LogP contribution in [0, 0.1) is 39.4 Å². The summed E-state index contributed by atoms with van der Waals surface area (Å²) in [6.45, 7) is 17.3. The van der Waals surface area contributed by atoms with E-state index in [0.717, 1.165) is 46.8 Å². The Bertz CT molecular complexity index is 637. The van der Waals surface area contributed by atoms with Crippen LogP contribution in [0.5, 0.6) is 0 Å². The molecule has 0 aliphatic heterocycles. The molecular weight excluding hydrogens is 582 g/mol. The van der Waals surface area contributed by atoms with Gasteiger partial charge < -0.3 is 0 Å². The van der Waals surface area contributed by atoms with Crippen LogP contribution in [0.15, 0.2) is 0 Å². The third-order valence-electron chi connectivity index (χ3n) is 6.63. The molecule has 1 fully saturated rings. The molecule has 2 atom stereocenters. The van der Waals surface area contributed by atoms with Crippen molar-refractivity contribution in [3.63, 3.8) is 0 Å². The minimum atomic E-state index is -0.736. The van der Waals surface area contributed by atoms with Crippen LogP contribution in [0.4, 0.5) is 0 Å². The molecule has 1 rings (SSSR count). The number of esters is 1. The van der Waals surface area contributed by atoms with E-state index in [1.807, 2.05) is 13.8 Å². The first-order valence-electron chi connectivity index (χ1n) is 10.1. The summed E-state index contributed by atoms with van der Waals surface area (Å²) >= 11 is 7.86. The fraction of sp³-hybridized carbons (Fsp3) is 0.864. The molecule has 28 heavy (non-hydrogen) atoms. The molecule has 3 nitrogen and oxygen atoms in total. The van der Waals surface area contributed by atoms with Gasteiger partial charge in [0.2, 0.25) is 0 Å². The van der Waals surface area contributed by atoms with Gasteiger partial charge >= 0.3 is 199 Å². The molecule has 0 N–H and O–H groups in total. The Labute approximate surface area is 197 Å². The molecule has 1 aliphatic carbocycles. The van der Waals surface area contributed by atoms with E-state index < -0.39 is 15.6 Å². The normalized spacial score (nSPS) is 19.5. The zero-order valence-corrected chi connectivity index (χ0v) is 24.3. The van der Waals surface area contributed by atoms with Gasteiger partial charge in [-0.3, -0.25) is 0 Å². The van der Waals surface area contributed by atoms with Gasteiger partial charge in [0.25, 0.3) is 0 Å². The summed E-state index contributed by atoms with van der Waals surface area (Å²) in [6, 6.07) is 2.59. The first kappa shape index (κ1) is 26.4. The average molecular weight is 618 g/mol. The van der Waals surface area contributed by atoms with Crippen molar-refractivity contribution in [3.8, 4) is 6.07 Å². The van der Waals surface area contributed by atoms with Gasteiger partial charge in [-0.25, -0.2) is 0 Å². The van der Waals surface area contributed by atoms with E-state index in [-0.39, 0.29) is 11.4 Å². The quantitative estimate of drug-likeness (QED) is 0.174. The molecule has 0 heterocycles. The number of carbonyl (C=O) groups excluding carboxylic acids is 1. The molecule has 3 radical (unpaired) electrons. The Hall–Kier alpha value is 0.322. The summed E-state index contributed by atoms with van der Waals surface area (Å²) in [5, 5.41) is 10.1. The average Bonchev–Trinajstić information content (AvgIpc) is 3.33. The van der Waals surface area contributed by atoms with Crippen LogP contribution in [0.25, 0.3) is 0 Å². The Morgan fingerprint density at radius 3 is 2.18 bits per heavy atom. The maximum atomic E-state index is 13.4. The molecule has 1 aliphatic rings. The van der Waals surface area contributed by atoms with E-state index in [1.54, 1.807) is 11.8 Å². The number of carbonyl (C=O) groups is 1. The van der Waals surface area contributed by atoms with Crippen LogP contribution in [0.1, 0.15) is 81.1 Å². The van der Waals surface area contributed by atoms with Crippen LogP contribution in [-0.4, -0.2) is 44.8 Å². The zero-order valence-electron chi connectivity index (χ0n) is 18.8. The van der Waals surface area contributed by atoms with Gasteiger partial charge in [-0.15, -0.1) is 0 Å². The molecule has 2 unspecified atom stereocenters. The Balaban J connectivity index is 3.27. The van der Waals surface area contributed by atoms with E-state index in [0.29, 0.717) is 24.9 Å². The van der Waals surface area contributed by atoms with Crippen molar-refractivity contribution >= 4 is 57.5 Å². The van der Waals surface area contributed by atoms with Gasteiger partial charge in [0.05, 0.1) is 0 Å². The van der Waals surface area contributed by atoms with Gasteiger partial charge in [0.15, 0.2) is 0 Å². The maximum absolute atomic E-state index is 13.4. The van der Waals surface area contributed by atoms with E-state index in [2.05, 4.69) is 47.6 Å². The van der Waals surface area contributed by atoms with Crippen molar-refractivity contribution in [1.82, 2.24) is 0 Å². The fourth-order valence-corrected chi connectivity index (χ4v) is 8.33. The van der Waals surface area contributed by atoms with Crippen molar-refractivity contribution in [3.05, 3.63) is 0 Å². The molecule has 0 aromatic carbocycles. The first-order valence-corrected chi connectivity index (χ1v) is 13.3.